The predicted molar refractivity (Wildman–Crippen MR) is 68.7 cm³/mol. The number of nitrogens with one attached hydrogen (secondary N) is 1. The van der Waals surface area contributed by atoms with Crippen LogP contribution in [0.4, 0.5) is 13.6 Å². The summed E-state index contributed by atoms with van der Waals surface area (Å²) < 4.78 is 33.3. The van der Waals surface area contributed by atoms with Crippen LogP contribution in [-0.4, -0.2) is 48.5 Å². The fourth-order valence-corrected chi connectivity index (χ4v) is 2.83. The van der Waals surface area contributed by atoms with Gasteiger partial charge in [-0.1, -0.05) is 30.3 Å². The third kappa shape index (κ3) is 2.14. The third-order valence-electron chi connectivity index (χ3n) is 3.98. The number of hydrogen-bond acceptors (Lipinski definition) is 3. The van der Waals surface area contributed by atoms with Gasteiger partial charge in [-0.05, 0) is 5.56 Å². The van der Waals surface area contributed by atoms with Crippen LogP contribution < -0.4 is 5.32 Å². The van der Waals surface area contributed by atoms with Gasteiger partial charge >= 0.3 is 6.09 Å². The van der Waals surface area contributed by atoms with Crippen molar-refractivity contribution in [3.8, 4) is 0 Å². The number of alkyl halides is 2. The molecule has 2 aliphatic rings. The van der Waals surface area contributed by atoms with E-state index in [1.54, 1.807) is 0 Å². The molecule has 0 saturated carbocycles. The minimum Gasteiger partial charge on any atom is -0.445 e. The number of benzene rings is 1. The lowest BCUT2D eigenvalue weighted by Crippen LogP contribution is -2.45. The van der Waals surface area contributed by atoms with Crippen LogP contribution in [-0.2, 0) is 11.3 Å². The molecule has 2 aliphatic heterocycles. The van der Waals surface area contributed by atoms with Gasteiger partial charge in [-0.25, -0.2) is 13.6 Å². The van der Waals surface area contributed by atoms with E-state index in [0.29, 0.717) is 0 Å². The van der Waals surface area contributed by atoms with E-state index in [1.165, 1.54) is 0 Å². The Morgan fingerprint density at radius 3 is 2.95 bits per heavy atom. The zero-order valence-corrected chi connectivity index (χ0v) is 10.9. The molecule has 0 aromatic heterocycles. The second-order valence-electron chi connectivity index (χ2n) is 5.23. The fourth-order valence-electron chi connectivity index (χ4n) is 2.83. The molecule has 2 fully saturated rings. The van der Waals surface area contributed by atoms with Crippen molar-refractivity contribution in [3.63, 3.8) is 0 Å². The number of hydrogen-bond donors (Lipinski definition) is 1. The molecule has 108 valence electrons. The highest BCUT2D eigenvalue weighted by Crippen LogP contribution is 2.37. The molecule has 2 saturated heterocycles. The Kier molecular flexibility index (Phi) is 3.33. The second kappa shape index (κ2) is 5.01. The highest BCUT2D eigenvalue weighted by Gasteiger charge is 2.60. The molecule has 0 spiro atoms. The molecular formula is C14H16F2N2O2. The summed E-state index contributed by atoms with van der Waals surface area (Å²) >= 11 is 0. The molecule has 20 heavy (non-hydrogen) atoms. The van der Waals surface area contributed by atoms with E-state index in [-0.39, 0.29) is 26.2 Å². The maximum Gasteiger partial charge on any atom is 0.410 e. The molecule has 3 atom stereocenters. The van der Waals surface area contributed by atoms with Gasteiger partial charge in [0.25, 0.3) is 0 Å². The first kappa shape index (κ1) is 13.3. The quantitative estimate of drug-likeness (QED) is 0.897. The van der Waals surface area contributed by atoms with Crippen molar-refractivity contribution in [2.24, 2.45) is 0 Å². The van der Waals surface area contributed by atoms with E-state index < -0.39 is 24.0 Å². The van der Waals surface area contributed by atoms with E-state index >= 15 is 0 Å². The lowest BCUT2D eigenvalue weighted by atomic mass is 9.99. The number of rotatable bonds is 2. The molecule has 1 aromatic rings. The smallest absolute Gasteiger partial charge is 0.410 e. The van der Waals surface area contributed by atoms with E-state index in [2.05, 4.69) is 5.32 Å². The number of ether oxygens (including phenoxy) is 1. The molecule has 1 aromatic carbocycles. The van der Waals surface area contributed by atoms with Crippen molar-refractivity contribution in [2.45, 2.75) is 24.5 Å². The number of carbonyl (C=O) groups is 1. The molecule has 1 N–H and O–H groups in total. The van der Waals surface area contributed by atoms with Crippen LogP contribution in [0.2, 0.25) is 0 Å². The van der Waals surface area contributed by atoms with Crippen LogP contribution in [0.5, 0.6) is 0 Å². The summed E-state index contributed by atoms with van der Waals surface area (Å²) in [4.78, 5) is 13.2. The first-order valence-corrected chi connectivity index (χ1v) is 6.62. The largest absolute Gasteiger partial charge is 0.445 e. The van der Waals surface area contributed by atoms with Crippen LogP contribution in [0, 0.1) is 0 Å². The predicted octanol–water partition coefficient (Wildman–Crippen LogP) is 1.66. The molecule has 3 rings (SSSR count). The summed E-state index contributed by atoms with van der Waals surface area (Å²) in [5.74, 6) is 0. The first-order chi connectivity index (χ1) is 9.61. The van der Waals surface area contributed by atoms with Gasteiger partial charge in [-0.3, -0.25) is 4.90 Å². The topological polar surface area (TPSA) is 41.6 Å². The molecule has 6 heteroatoms. The van der Waals surface area contributed by atoms with Gasteiger partial charge < -0.3 is 10.1 Å². The van der Waals surface area contributed by atoms with Crippen molar-refractivity contribution in [1.29, 1.82) is 0 Å². The Morgan fingerprint density at radius 2 is 2.20 bits per heavy atom. The maximum atomic E-state index is 14.4. The van der Waals surface area contributed by atoms with Crippen molar-refractivity contribution in [3.05, 3.63) is 35.9 Å². The molecule has 0 aliphatic carbocycles. The van der Waals surface area contributed by atoms with Gasteiger partial charge in [0.05, 0.1) is 12.6 Å². The SMILES string of the molecule is O=C(OCc1ccccc1)N1CC(F)C2(F)CNCC12. The summed E-state index contributed by atoms with van der Waals surface area (Å²) in [6.07, 6.45) is -2.32. The average molecular weight is 282 g/mol. The second-order valence-corrected chi connectivity index (χ2v) is 5.23. The highest BCUT2D eigenvalue weighted by molar-refractivity contribution is 5.69. The highest BCUT2D eigenvalue weighted by atomic mass is 19.2. The Bertz CT molecular complexity index is 499. The number of fused-ring (bicyclic) bond motifs is 1. The Morgan fingerprint density at radius 1 is 1.45 bits per heavy atom. The number of carbonyl (C=O) groups excluding carboxylic acids is 1. The summed E-state index contributed by atoms with van der Waals surface area (Å²) in [6.45, 7) is 0.0711. The van der Waals surface area contributed by atoms with Gasteiger partial charge in [0.1, 0.15) is 6.61 Å². The number of halogens is 2. The molecule has 1 amide bonds. The van der Waals surface area contributed by atoms with Crippen molar-refractivity contribution < 1.29 is 18.3 Å². The van der Waals surface area contributed by atoms with Gasteiger partial charge in [0, 0.05) is 13.1 Å². The van der Waals surface area contributed by atoms with Gasteiger partial charge in [0.15, 0.2) is 11.8 Å². The maximum absolute atomic E-state index is 14.4. The van der Waals surface area contributed by atoms with Gasteiger partial charge in [0.2, 0.25) is 0 Å². The van der Waals surface area contributed by atoms with Crippen molar-refractivity contribution in [2.75, 3.05) is 19.6 Å². The van der Waals surface area contributed by atoms with E-state index in [4.69, 9.17) is 4.74 Å². The molecule has 4 nitrogen and oxygen atoms in total. The summed E-state index contributed by atoms with van der Waals surface area (Å²) in [5, 5.41) is 2.79. The number of likely N-dealkylation sites (tertiary alicyclic amines) is 1. The summed E-state index contributed by atoms with van der Waals surface area (Å²) in [5.41, 5.74) is -1.14. The van der Waals surface area contributed by atoms with E-state index in [0.717, 1.165) is 10.5 Å². The standard InChI is InChI=1S/C14H16F2N2O2/c15-11-7-18(12-6-17-9-14(11,12)16)13(19)20-8-10-4-2-1-3-5-10/h1-5,11-12,17H,6-9H2. The van der Waals surface area contributed by atoms with Crippen LogP contribution >= 0.6 is 0 Å². The van der Waals surface area contributed by atoms with Crippen LogP contribution in [0.25, 0.3) is 0 Å². The Labute approximate surface area is 115 Å². The summed E-state index contributed by atoms with van der Waals surface area (Å²) in [6, 6.07) is 8.41. The fraction of sp³-hybridized carbons (Fsp3) is 0.500. The Hall–Kier alpha value is -1.69. The lowest BCUT2D eigenvalue weighted by molar-refractivity contribution is 0.0709. The minimum atomic E-state index is -1.98. The van der Waals surface area contributed by atoms with E-state index in [9.17, 15) is 13.6 Å². The van der Waals surface area contributed by atoms with Crippen LogP contribution in [0.15, 0.2) is 30.3 Å². The normalized spacial score (nSPS) is 32.2. The molecular weight excluding hydrogens is 266 g/mol. The molecule has 3 unspecified atom stereocenters. The van der Waals surface area contributed by atoms with E-state index in [1.807, 2.05) is 30.3 Å². The molecule has 2 heterocycles. The first-order valence-electron chi connectivity index (χ1n) is 6.62. The minimum absolute atomic E-state index is 0.0543. The number of nitrogens with zero attached hydrogens (tertiary/aromatic N) is 1. The zero-order valence-electron chi connectivity index (χ0n) is 10.9. The van der Waals surface area contributed by atoms with Crippen molar-refractivity contribution in [1.82, 2.24) is 10.2 Å². The lowest BCUT2D eigenvalue weighted by Gasteiger charge is -2.24. The monoisotopic (exact) mass is 282 g/mol. The van der Waals surface area contributed by atoms with Crippen LogP contribution in [0.1, 0.15) is 5.56 Å². The Balaban J connectivity index is 1.63. The number of amides is 1. The van der Waals surface area contributed by atoms with Gasteiger partial charge in [-0.15, -0.1) is 0 Å². The molecule has 0 radical (unpaired) electrons. The average Bonchev–Trinajstić information content (AvgIpc) is 2.95. The van der Waals surface area contributed by atoms with Crippen LogP contribution in [0.3, 0.4) is 0 Å². The van der Waals surface area contributed by atoms with Crippen molar-refractivity contribution >= 4 is 6.09 Å². The summed E-state index contributed by atoms with van der Waals surface area (Å²) in [7, 11) is 0. The molecule has 0 bridgehead atoms. The zero-order chi connectivity index (χ0) is 14.2. The third-order valence-corrected chi connectivity index (χ3v) is 3.98. The van der Waals surface area contributed by atoms with Gasteiger partial charge in [-0.2, -0.15) is 0 Å².